The van der Waals surface area contributed by atoms with E-state index in [0.717, 1.165) is 23.5 Å². The number of aliphatic imine (C=N–C) groups is 1. The lowest BCUT2D eigenvalue weighted by molar-refractivity contribution is 0.782. The third kappa shape index (κ3) is 3.09. The number of benzene rings is 3. The van der Waals surface area contributed by atoms with Gasteiger partial charge in [-0.05, 0) is 29.8 Å². The summed E-state index contributed by atoms with van der Waals surface area (Å²) in [6.07, 6.45) is 5.90. The molecule has 0 amide bonds. The maximum absolute atomic E-state index is 4.78. The van der Waals surface area contributed by atoms with Crippen molar-refractivity contribution in [2.24, 2.45) is 4.99 Å². The van der Waals surface area contributed by atoms with E-state index in [4.69, 9.17) is 4.99 Å². The quantitative estimate of drug-likeness (QED) is 0.503. The van der Waals surface area contributed by atoms with Crippen LogP contribution in [-0.2, 0) is 0 Å². The lowest BCUT2D eigenvalue weighted by Crippen LogP contribution is -2.19. The third-order valence-electron chi connectivity index (χ3n) is 5.08. The average Bonchev–Trinajstić information content (AvgIpc) is 3.45. The van der Waals surface area contributed by atoms with Crippen LogP contribution in [0.4, 0.5) is 5.69 Å². The van der Waals surface area contributed by atoms with Crippen LogP contribution in [0.25, 0.3) is 16.9 Å². The molecule has 0 N–H and O–H groups in total. The summed E-state index contributed by atoms with van der Waals surface area (Å²) >= 11 is 0. The number of anilines is 1. The number of rotatable bonds is 4. The van der Waals surface area contributed by atoms with E-state index in [0.29, 0.717) is 0 Å². The molecular weight excluding hydrogens is 344 g/mol. The summed E-state index contributed by atoms with van der Waals surface area (Å²) in [6.45, 7) is 0.834. The van der Waals surface area contributed by atoms with E-state index in [9.17, 15) is 0 Å². The summed E-state index contributed by atoms with van der Waals surface area (Å²) in [5, 5.41) is 0. The number of imidazole rings is 1. The van der Waals surface area contributed by atoms with Crippen LogP contribution in [0.5, 0.6) is 0 Å². The SMILES string of the molecule is C1=NC(c2ccccc2-c2cn(-c3ccccc3)cn2)CN1c1ccccc1. The van der Waals surface area contributed by atoms with Crippen molar-refractivity contribution < 1.29 is 0 Å². The Morgan fingerprint density at radius 3 is 2.21 bits per heavy atom. The lowest BCUT2D eigenvalue weighted by Gasteiger charge is -2.17. The molecule has 0 saturated heterocycles. The number of hydrogen-bond donors (Lipinski definition) is 0. The molecule has 0 aliphatic carbocycles. The Hall–Kier alpha value is -3.66. The molecule has 4 heteroatoms. The van der Waals surface area contributed by atoms with Crippen molar-refractivity contribution in [2.75, 3.05) is 11.4 Å². The van der Waals surface area contributed by atoms with Gasteiger partial charge in [0.2, 0.25) is 0 Å². The molecule has 3 aromatic carbocycles. The Kier molecular flexibility index (Phi) is 4.22. The summed E-state index contributed by atoms with van der Waals surface area (Å²) in [5.41, 5.74) is 5.57. The monoisotopic (exact) mass is 364 g/mol. The molecule has 4 nitrogen and oxygen atoms in total. The molecule has 1 aliphatic heterocycles. The van der Waals surface area contributed by atoms with Gasteiger partial charge in [-0.1, -0.05) is 60.7 Å². The summed E-state index contributed by atoms with van der Waals surface area (Å²) in [5.74, 6) is 0. The van der Waals surface area contributed by atoms with Gasteiger partial charge in [-0.3, -0.25) is 4.99 Å². The number of hydrogen-bond acceptors (Lipinski definition) is 3. The van der Waals surface area contributed by atoms with E-state index in [1.807, 2.05) is 36.9 Å². The zero-order valence-electron chi connectivity index (χ0n) is 15.4. The van der Waals surface area contributed by atoms with Gasteiger partial charge in [-0.15, -0.1) is 0 Å². The van der Waals surface area contributed by atoms with Gasteiger partial charge in [0.1, 0.15) is 0 Å². The fourth-order valence-corrected chi connectivity index (χ4v) is 3.64. The van der Waals surface area contributed by atoms with Gasteiger partial charge in [0.05, 0.1) is 30.9 Å². The molecule has 0 bridgehead atoms. The second kappa shape index (κ2) is 7.16. The first-order chi connectivity index (χ1) is 13.9. The van der Waals surface area contributed by atoms with Crippen LogP contribution < -0.4 is 4.90 Å². The van der Waals surface area contributed by atoms with Crippen LogP contribution in [0.2, 0.25) is 0 Å². The second-order valence-electron chi connectivity index (χ2n) is 6.86. The normalized spacial score (nSPS) is 15.9. The molecule has 0 saturated carbocycles. The maximum Gasteiger partial charge on any atom is 0.0999 e. The Morgan fingerprint density at radius 2 is 1.43 bits per heavy atom. The molecule has 2 heterocycles. The molecule has 5 rings (SSSR count). The predicted octanol–water partition coefficient (Wildman–Crippen LogP) is 5.13. The summed E-state index contributed by atoms with van der Waals surface area (Å²) in [4.78, 5) is 11.6. The molecule has 4 aromatic rings. The standard InChI is InChI=1S/C24H20N4/c1-3-9-19(10-4-1)27-15-23(25-17-27)21-13-7-8-14-22(21)24-16-28(18-26-24)20-11-5-2-6-12-20/h1-15,17-18,24H,16H2. The fraction of sp³-hybridized carbons (Fsp3) is 0.0833. The van der Waals surface area contributed by atoms with Gasteiger partial charge in [-0.25, -0.2) is 4.98 Å². The minimum absolute atomic E-state index is 0.0956. The second-order valence-corrected chi connectivity index (χ2v) is 6.86. The van der Waals surface area contributed by atoms with E-state index in [1.165, 1.54) is 11.3 Å². The predicted molar refractivity (Wildman–Crippen MR) is 114 cm³/mol. The van der Waals surface area contributed by atoms with Gasteiger partial charge in [0, 0.05) is 23.1 Å². The van der Waals surface area contributed by atoms with Crippen molar-refractivity contribution in [3.8, 4) is 16.9 Å². The van der Waals surface area contributed by atoms with Crippen molar-refractivity contribution in [3.05, 3.63) is 103 Å². The smallest absolute Gasteiger partial charge is 0.0999 e. The van der Waals surface area contributed by atoms with E-state index >= 15 is 0 Å². The minimum Gasteiger partial charge on any atom is -0.330 e. The van der Waals surface area contributed by atoms with Crippen LogP contribution in [0.15, 0.2) is 102 Å². The number of aromatic nitrogens is 2. The van der Waals surface area contributed by atoms with E-state index in [1.54, 1.807) is 0 Å². The highest BCUT2D eigenvalue weighted by Crippen LogP contribution is 2.33. The Morgan fingerprint density at radius 1 is 0.750 bits per heavy atom. The number of para-hydroxylation sites is 2. The van der Waals surface area contributed by atoms with Gasteiger partial charge < -0.3 is 9.47 Å². The molecule has 0 fully saturated rings. The molecule has 0 spiro atoms. The van der Waals surface area contributed by atoms with E-state index in [2.05, 4.69) is 81.3 Å². The van der Waals surface area contributed by atoms with Crippen molar-refractivity contribution >= 4 is 12.0 Å². The molecular formula is C24H20N4. The van der Waals surface area contributed by atoms with Gasteiger partial charge in [-0.2, -0.15) is 0 Å². The molecule has 1 aromatic heterocycles. The van der Waals surface area contributed by atoms with Crippen molar-refractivity contribution in [1.82, 2.24) is 9.55 Å². The Labute approximate surface area is 164 Å². The first kappa shape index (κ1) is 16.5. The van der Waals surface area contributed by atoms with Gasteiger partial charge in [0.15, 0.2) is 0 Å². The molecule has 1 atom stereocenters. The third-order valence-corrected chi connectivity index (χ3v) is 5.08. The van der Waals surface area contributed by atoms with Crippen molar-refractivity contribution in [3.63, 3.8) is 0 Å². The summed E-state index contributed by atoms with van der Waals surface area (Å²) < 4.78 is 2.06. The Balaban J connectivity index is 1.45. The maximum atomic E-state index is 4.78. The van der Waals surface area contributed by atoms with Gasteiger partial charge >= 0.3 is 0 Å². The molecule has 136 valence electrons. The number of nitrogens with zero attached hydrogens (tertiary/aromatic N) is 4. The zero-order chi connectivity index (χ0) is 18.8. The fourth-order valence-electron chi connectivity index (χ4n) is 3.64. The first-order valence-electron chi connectivity index (χ1n) is 9.42. The average molecular weight is 364 g/mol. The highest BCUT2D eigenvalue weighted by molar-refractivity contribution is 5.82. The van der Waals surface area contributed by atoms with Crippen LogP contribution in [0, 0.1) is 0 Å². The van der Waals surface area contributed by atoms with Crippen LogP contribution in [-0.4, -0.2) is 22.4 Å². The summed E-state index contributed by atoms with van der Waals surface area (Å²) in [6, 6.07) is 29.2. The van der Waals surface area contributed by atoms with Crippen molar-refractivity contribution in [2.45, 2.75) is 6.04 Å². The first-order valence-corrected chi connectivity index (χ1v) is 9.42. The largest absolute Gasteiger partial charge is 0.330 e. The minimum atomic E-state index is 0.0956. The van der Waals surface area contributed by atoms with E-state index < -0.39 is 0 Å². The molecule has 0 radical (unpaired) electrons. The zero-order valence-corrected chi connectivity index (χ0v) is 15.4. The van der Waals surface area contributed by atoms with Gasteiger partial charge in [0.25, 0.3) is 0 Å². The summed E-state index contributed by atoms with van der Waals surface area (Å²) in [7, 11) is 0. The lowest BCUT2D eigenvalue weighted by atomic mass is 9.99. The van der Waals surface area contributed by atoms with Crippen LogP contribution in [0.1, 0.15) is 11.6 Å². The van der Waals surface area contributed by atoms with E-state index in [-0.39, 0.29) is 6.04 Å². The molecule has 28 heavy (non-hydrogen) atoms. The topological polar surface area (TPSA) is 33.4 Å². The highest BCUT2D eigenvalue weighted by atomic mass is 15.2. The molecule has 1 unspecified atom stereocenters. The Bertz CT molecular complexity index is 1100. The van der Waals surface area contributed by atoms with Crippen molar-refractivity contribution in [1.29, 1.82) is 0 Å². The molecule has 1 aliphatic rings. The highest BCUT2D eigenvalue weighted by Gasteiger charge is 2.23. The van der Waals surface area contributed by atoms with Crippen LogP contribution >= 0.6 is 0 Å². The van der Waals surface area contributed by atoms with Crippen LogP contribution in [0.3, 0.4) is 0 Å².